The molecule has 30 heavy (non-hydrogen) atoms. The molecule has 0 bridgehead atoms. The SMILES string of the molecule is C=C(C(=O)c1ccc(CCCCCCC(=O)O)cc1CC)C(CCC(C)=O)C(C)=O. The van der Waals surface area contributed by atoms with Crippen LogP contribution < -0.4 is 0 Å². The summed E-state index contributed by atoms with van der Waals surface area (Å²) in [5.41, 5.74) is 2.90. The number of unbranched alkanes of at least 4 members (excludes halogenated alkanes) is 3. The molecule has 0 aromatic heterocycles. The number of rotatable bonds is 15. The Hall–Kier alpha value is -2.56. The average Bonchev–Trinajstić information content (AvgIpc) is 2.69. The first kappa shape index (κ1) is 25.5. The Bertz CT molecular complexity index is 791. The monoisotopic (exact) mass is 414 g/mol. The molecule has 0 saturated heterocycles. The van der Waals surface area contributed by atoms with E-state index in [-0.39, 0.29) is 35.8 Å². The van der Waals surface area contributed by atoms with Crippen LogP contribution in [0, 0.1) is 5.92 Å². The summed E-state index contributed by atoms with van der Waals surface area (Å²) in [7, 11) is 0. The number of carboxylic acid groups (broad SMARTS) is 1. The second-order valence-electron chi connectivity index (χ2n) is 7.91. The highest BCUT2D eigenvalue weighted by Crippen LogP contribution is 2.24. The van der Waals surface area contributed by atoms with Gasteiger partial charge in [-0.2, -0.15) is 0 Å². The zero-order valence-electron chi connectivity index (χ0n) is 18.5. The summed E-state index contributed by atoms with van der Waals surface area (Å²) >= 11 is 0. The molecule has 1 N–H and O–H groups in total. The number of benzene rings is 1. The van der Waals surface area contributed by atoms with E-state index in [0.29, 0.717) is 24.8 Å². The van der Waals surface area contributed by atoms with Crippen molar-refractivity contribution in [3.05, 3.63) is 47.0 Å². The van der Waals surface area contributed by atoms with Gasteiger partial charge in [0.15, 0.2) is 5.78 Å². The van der Waals surface area contributed by atoms with Gasteiger partial charge in [-0.25, -0.2) is 0 Å². The lowest BCUT2D eigenvalue weighted by Crippen LogP contribution is -2.21. The van der Waals surface area contributed by atoms with E-state index < -0.39 is 11.9 Å². The normalized spacial score (nSPS) is 11.7. The van der Waals surface area contributed by atoms with Crippen molar-refractivity contribution in [2.45, 2.75) is 78.6 Å². The summed E-state index contributed by atoms with van der Waals surface area (Å²) in [6.07, 6.45) is 5.90. The smallest absolute Gasteiger partial charge is 0.303 e. The minimum absolute atomic E-state index is 0.0111. The number of carboxylic acids is 1. The van der Waals surface area contributed by atoms with Gasteiger partial charge >= 0.3 is 5.97 Å². The summed E-state index contributed by atoms with van der Waals surface area (Å²) in [6, 6.07) is 5.79. The molecule has 0 radical (unpaired) electrons. The van der Waals surface area contributed by atoms with E-state index in [1.54, 1.807) is 0 Å². The Labute approximate surface area is 179 Å². The van der Waals surface area contributed by atoms with Gasteiger partial charge in [0.05, 0.1) is 0 Å². The van der Waals surface area contributed by atoms with Crippen molar-refractivity contribution in [1.29, 1.82) is 0 Å². The lowest BCUT2D eigenvalue weighted by atomic mass is 9.84. The van der Waals surface area contributed by atoms with Crippen LogP contribution in [0.1, 0.15) is 87.2 Å². The molecule has 5 nitrogen and oxygen atoms in total. The zero-order valence-corrected chi connectivity index (χ0v) is 18.5. The topological polar surface area (TPSA) is 88.5 Å². The van der Waals surface area contributed by atoms with Crippen molar-refractivity contribution in [2.24, 2.45) is 5.92 Å². The molecule has 1 aromatic rings. The van der Waals surface area contributed by atoms with Crippen LogP contribution in [0.15, 0.2) is 30.4 Å². The summed E-state index contributed by atoms with van der Waals surface area (Å²) < 4.78 is 0. The van der Waals surface area contributed by atoms with E-state index in [1.807, 2.05) is 25.1 Å². The van der Waals surface area contributed by atoms with Gasteiger partial charge in [0.2, 0.25) is 0 Å². The lowest BCUT2D eigenvalue weighted by molar-refractivity contribution is -0.137. The van der Waals surface area contributed by atoms with Crippen molar-refractivity contribution in [3.63, 3.8) is 0 Å². The number of aliphatic carboxylic acids is 1. The molecule has 0 heterocycles. The van der Waals surface area contributed by atoms with Gasteiger partial charge in [-0.1, -0.05) is 44.5 Å². The minimum atomic E-state index is -0.752. The van der Waals surface area contributed by atoms with Crippen molar-refractivity contribution in [2.75, 3.05) is 0 Å². The molecular formula is C25H34O5. The van der Waals surface area contributed by atoms with Crippen LogP contribution >= 0.6 is 0 Å². The highest BCUT2D eigenvalue weighted by atomic mass is 16.4. The number of hydrogen-bond acceptors (Lipinski definition) is 4. The van der Waals surface area contributed by atoms with Crippen LogP contribution in [0.4, 0.5) is 0 Å². The second kappa shape index (κ2) is 12.9. The van der Waals surface area contributed by atoms with Crippen molar-refractivity contribution in [3.8, 4) is 0 Å². The van der Waals surface area contributed by atoms with Crippen LogP contribution in [0.5, 0.6) is 0 Å². The standard InChI is InChI=1S/C25H34O5/c1-5-21-16-20(10-8-6-7-9-11-24(28)29)13-15-23(21)25(30)18(3)22(19(4)27)14-12-17(2)26/h13,15-16,22H,3,5-12,14H2,1-2,4H3,(H,28,29). The Morgan fingerprint density at radius 1 is 1.00 bits per heavy atom. The van der Waals surface area contributed by atoms with E-state index in [1.165, 1.54) is 13.8 Å². The molecule has 0 fully saturated rings. The van der Waals surface area contributed by atoms with Crippen molar-refractivity contribution in [1.82, 2.24) is 0 Å². The molecule has 1 unspecified atom stereocenters. The van der Waals surface area contributed by atoms with E-state index in [2.05, 4.69) is 6.58 Å². The van der Waals surface area contributed by atoms with Gasteiger partial charge in [0.1, 0.15) is 11.6 Å². The van der Waals surface area contributed by atoms with E-state index in [0.717, 1.165) is 36.8 Å². The predicted molar refractivity (Wildman–Crippen MR) is 118 cm³/mol. The maximum atomic E-state index is 13.0. The molecule has 0 aliphatic rings. The van der Waals surface area contributed by atoms with Gasteiger partial charge in [0.25, 0.3) is 0 Å². The third-order valence-corrected chi connectivity index (χ3v) is 5.39. The maximum Gasteiger partial charge on any atom is 0.303 e. The molecule has 0 aliphatic carbocycles. The van der Waals surface area contributed by atoms with Crippen LogP contribution in [0.3, 0.4) is 0 Å². The zero-order chi connectivity index (χ0) is 22.7. The van der Waals surface area contributed by atoms with Gasteiger partial charge in [-0.15, -0.1) is 0 Å². The largest absolute Gasteiger partial charge is 0.481 e. The Morgan fingerprint density at radius 3 is 2.23 bits per heavy atom. The van der Waals surface area contributed by atoms with Crippen molar-refractivity contribution < 1.29 is 24.3 Å². The molecule has 1 rings (SSSR count). The molecule has 0 saturated carbocycles. The number of allylic oxidation sites excluding steroid dienone is 1. The number of carbonyl (C=O) groups is 4. The highest BCUT2D eigenvalue weighted by molar-refractivity contribution is 6.12. The second-order valence-corrected chi connectivity index (χ2v) is 7.91. The number of aryl methyl sites for hydroxylation is 2. The molecule has 1 atom stereocenters. The quantitative estimate of drug-likeness (QED) is 0.244. The maximum absolute atomic E-state index is 13.0. The van der Waals surface area contributed by atoms with E-state index in [4.69, 9.17) is 5.11 Å². The lowest BCUT2D eigenvalue weighted by Gasteiger charge is -2.17. The third-order valence-electron chi connectivity index (χ3n) is 5.39. The molecular weight excluding hydrogens is 380 g/mol. The Balaban J connectivity index is 2.79. The van der Waals surface area contributed by atoms with Crippen molar-refractivity contribution >= 4 is 23.3 Å². The van der Waals surface area contributed by atoms with Gasteiger partial charge in [-0.05, 0) is 57.1 Å². The number of ketones is 3. The van der Waals surface area contributed by atoms with Crippen LogP contribution in [0.2, 0.25) is 0 Å². The highest BCUT2D eigenvalue weighted by Gasteiger charge is 2.25. The van der Waals surface area contributed by atoms with Crippen LogP contribution in [-0.4, -0.2) is 28.4 Å². The van der Waals surface area contributed by atoms with E-state index >= 15 is 0 Å². The van der Waals surface area contributed by atoms with Gasteiger partial charge in [0, 0.05) is 29.9 Å². The molecule has 1 aromatic carbocycles. The predicted octanol–water partition coefficient (Wildman–Crippen LogP) is 5.14. The van der Waals surface area contributed by atoms with E-state index in [9.17, 15) is 19.2 Å². The summed E-state index contributed by atoms with van der Waals surface area (Å²) in [5.74, 6) is -1.76. The molecule has 0 spiro atoms. The first-order valence-electron chi connectivity index (χ1n) is 10.7. The van der Waals surface area contributed by atoms with Gasteiger partial charge < -0.3 is 9.90 Å². The summed E-state index contributed by atoms with van der Waals surface area (Å²) in [5, 5.41) is 8.67. The molecule has 0 amide bonds. The molecule has 164 valence electrons. The fourth-order valence-electron chi connectivity index (χ4n) is 3.58. The Kier molecular flexibility index (Phi) is 10.9. The first-order valence-corrected chi connectivity index (χ1v) is 10.7. The summed E-state index contributed by atoms with van der Waals surface area (Å²) in [6.45, 7) is 8.79. The number of Topliss-reactive ketones (excluding diaryl/α,β-unsaturated/α-hetero) is 3. The third kappa shape index (κ3) is 8.44. The Morgan fingerprint density at radius 2 is 1.67 bits per heavy atom. The average molecular weight is 415 g/mol. The number of carbonyl (C=O) groups excluding carboxylic acids is 3. The van der Waals surface area contributed by atoms with Crippen LogP contribution in [0.25, 0.3) is 0 Å². The fourth-order valence-corrected chi connectivity index (χ4v) is 3.58. The molecule has 5 heteroatoms. The summed E-state index contributed by atoms with van der Waals surface area (Å²) in [4.78, 5) is 46.9. The van der Waals surface area contributed by atoms with Gasteiger partial charge in [-0.3, -0.25) is 14.4 Å². The number of hydrogen-bond donors (Lipinski definition) is 1. The first-order chi connectivity index (χ1) is 14.2. The minimum Gasteiger partial charge on any atom is -0.481 e. The fraction of sp³-hybridized carbons (Fsp3) is 0.520. The van der Waals surface area contributed by atoms with Crippen LogP contribution in [-0.2, 0) is 27.2 Å². The molecule has 0 aliphatic heterocycles.